The lowest BCUT2D eigenvalue weighted by Gasteiger charge is -2.27. The Kier molecular flexibility index (Phi) is 3.81. The Balaban J connectivity index is 1.94. The molecule has 0 unspecified atom stereocenters. The minimum atomic E-state index is -0.384. The van der Waals surface area contributed by atoms with Crippen LogP contribution in [0.25, 0.3) is 0 Å². The third-order valence-corrected chi connectivity index (χ3v) is 4.38. The summed E-state index contributed by atoms with van der Waals surface area (Å²) in [5.41, 5.74) is 5.66. The van der Waals surface area contributed by atoms with E-state index in [0.717, 1.165) is 17.7 Å². The first kappa shape index (κ1) is 12.5. The number of carbonyl (C=O) groups excluding carboxylic acids is 1. The molecule has 1 saturated carbocycles. The number of thiophene rings is 1. The molecule has 1 aliphatic rings. The molecule has 0 atom stereocenters. The van der Waals surface area contributed by atoms with Crippen molar-refractivity contribution in [1.82, 2.24) is 5.32 Å². The van der Waals surface area contributed by atoms with Gasteiger partial charge in [-0.1, -0.05) is 12.8 Å². The van der Waals surface area contributed by atoms with Gasteiger partial charge in [-0.2, -0.15) is 0 Å². The van der Waals surface area contributed by atoms with Gasteiger partial charge in [0.25, 0.3) is 0 Å². The van der Waals surface area contributed by atoms with E-state index in [1.165, 1.54) is 24.2 Å². The zero-order valence-electron chi connectivity index (χ0n) is 9.74. The first-order valence-electron chi connectivity index (χ1n) is 5.88. The average Bonchev–Trinajstić information content (AvgIpc) is 2.96. The van der Waals surface area contributed by atoms with E-state index < -0.39 is 0 Å². The molecule has 5 heteroatoms. The molecule has 0 radical (unpaired) electrons. The summed E-state index contributed by atoms with van der Waals surface area (Å²) in [6.07, 6.45) is 4.39. The number of primary amides is 1. The molecule has 1 aromatic rings. The second-order valence-corrected chi connectivity index (χ2v) is 5.66. The Hall–Kier alpha value is -0.910. The molecule has 0 spiro atoms. The molecule has 0 bridgehead atoms. The monoisotopic (exact) mass is 254 g/mol. The lowest BCUT2D eigenvalue weighted by atomic mass is 9.99. The van der Waals surface area contributed by atoms with Gasteiger partial charge in [0.2, 0.25) is 5.91 Å². The van der Waals surface area contributed by atoms with Crippen LogP contribution in [0.15, 0.2) is 11.4 Å². The Bertz CT molecular complexity index is 397. The molecule has 1 aliphatic carbocycles. The van der Waals surface area contributed by atoms with Crippen LogP contribution in [0, 0.1) is 0 Å². The van der Waals surface area contributed by atoms with Crippen molar-refractivity contribution >= 4 is 17.2 Å². The van der Waals surface area contributed by atoms with Gasteiger partial charge < -0.3 is 16.2 Å². The second kappa shape index (κ2) is 5.16. The van der Waals surface area contributed by atoms with Gasteiger partial charge >= 0.3 is 0 Å². The number of amides is 1. The number of nitrogens with two attached hydrogens (primary N) is 1. The number of carbonyl (C=O) groups is 1. The maximum atomic E-state index is 11.0. The first-order chi connectivity index (χ1) is 8.15. The van der Waals surface area contributed by atoms with Crippen molar-refractivity contribution in [2.75, 3.05) is 6.61 Å². The van der Waals surface area contributed by atoms with Gasteiger partial charge in [0.05, 0.1) is 12.2 Å². The van der Waals surface area contributed by atoms with Crippen LogP contribution in [0.5, 0.6) is 0 Å². The number of hydrogen-bond donors (Lipinski definition) is 3. The summed E-state index contributed by atoms with van der Waals surface area (Å²) in [6.45, 7) is 0.875. The summed E-state index contributed by atoms with van der Waals surface area (Å²) in [6, 6.07) is 1.82. The van der Waals surface area contributed by atoms with E-state index in [-0.39, 0.29) is 18.1 Å². The van der Waals surface area contributed by atoms with Gasteiger partial charge in [0.15, 0.2) is 0 Å². The highest BCUT2D eigenvalue weighted by molar-refractivity contribution is 7.10. The van der Waals surface area contributed by atoms with Crippen molar-refractivity contribution in [1.29, 1.82) is 0 Å². The summed E-state index contributed by atoms with van der Waals surface area (Å²) in [4.78, 5) is 12.0. The molecule has 4 N–H and O–H groups in total. The van der Waals surface area contributed by atoms with Gasteiger partial charge in [0.1, 0.15) is 0 Å². The zero-order chi connectivity index (χ0) is 12.3. The van der Waals surface area contributed by atoms with E-state index >= 15 is 0 Å². The standard InChI is InChI=1S/C12H18N2O2S/c13-11(16)9-5-10(17-7-9)6-14-12(8-15)3-1-2-4-12/h5,7,14-15H,1-4,6,8H2,(H2,13,16). The topological polar surface area (TPSA) is 75.4 Å². The predicted molar refractivity (Wildman–Crippen MR) is 68.0 cm³/mol. The fourth-order valence-electron chi connectivity index (χ4n) is 2.32. The number of aliphatic hydroxyl groups excluding tert-OH is 1. The Morgan fingerprint density at radius 2 is 2.24 bits per heavy atom. The average molecular weight is 254 g/mol. The van der Waals surface area contributed by atoms with Gasteiger partial charge in [0, 0.05) is 22.3 Å². The van der Waals surface area contributed by atoms with E-state index in [4.69, 9.17) is 5.73 Å². The molecule has 0 saturated heterocycles. The molecule has 1 heterocycles. The third kappa shape index (κ3) is 2.86. The maximum Gasteiger partial charge on any atom is 0.249 e. The van der Waals surface area contributed by atoms with E-state index in [9.17, 15) is 9.90 Å². The lowest BCUT2D eigenvalue weighted by Crippen LogP contribution is -2.45. The normalized spacial score (nSPS) is 18.4. The number of nitrogens with one attached hydrogen (secondary N) is 1. The van der Waals surface area contributed by atoms with Crippen LogP contribution in [0.1, 0.15) is 40.9 Å². The van der Waals surface area contributed by atoms with Gasteiger partial charge in [-0.25, -0.2) is 0 Å². The van der Waals surface area contributed by atoms with Crippen molar-refractivity contribution in [3.8, 4) is 0 Å². The molecule has 0 aromatic carbocycles. The van der Waals surface area contributed by atoms with Crippen molar-refractivity contribution < 1.29 is 9.90 Å². The van der Waals surface area contributed by atoms with Crippen LogP contribution in [0.4, 0.5) is 0 Å². The fraction of sp³-hybridized carbons (Fsp3) is 0.583. The van der Waals surface area contributed by atoms with Crippen molar-refractivity contribution in [3.63, 3.8) is 0 Å². The maximum absolute atomic E-state index is 11.0. The Morgan fingerprint density at radius 1 is 1.53 bits per heavy atom. The van der Waals surface area contributed by atoms with Crippen molar-refractivity contribution in [2.24, 2.45) is 5.73 Å². The molecule has 1 amide bonds. The molecule has 17 heavy (non-hydrogen) atoms. The first-order valence-corrected chi connectivity index (χ1v) is 6.76. The summed E-state index contributed by atoms with van der Waals surface area (Å²) in [7, 11) is 0. The zero-order valence-corrected chi connectivity index (χ0v) is 10.6. The van der Waals surface area contributed by atoms with E-state index in [2.05, 4.69) is 5.32 Å². The predicted octanol–water partition coefficient (Wildman–Crippen LogP) is 1.24. The van der Waals surface area contributed by atoms with Gasteiger partial charge in [-0.05, 0) is 18.9 Å². The van der Waals surface area contributed by atoms with Crippen molar-refractivity contribution in [2.45, 2.75) is 37.8 Å². The second-order valence-electron chi connectivity index (χ2n) is 4.67. The third-order valence-electron chi connectivity index (χ3n) is 3.44. The highest BCUT2D eigenvalue weighted by Gasteiger charge is 2.32. The molecule has 2 rings (SSSR count). The van der Waals surface area contributed by atoms with E-state index in [0.29, 0.717) is 12.1 Å². The van der Waals surface area contributed by atoms with Crippen LogP contribution in [-0.4, -0.2) is 23.2 Å². The minimum Gasteiger partial charge on any atom is -0.394 e. The van der Waals surface area contributed by atoms with Gasteiger partial charge in [-0.15, -0.1) is 11.3 Å². The van der Waals surface area contributed by atoms with Crippen molar-refractivity contribution in [3.05, 3.63) is 21.9 Å². The van der Waals surface area contributed by atoms with Gasteiger partial charge in [-0.3, -0.25) is 4.79 Å². The quantitative estimate of drug-likeness (QED) is 0.740. The largest absolute Gasteiger partial charge is 0.394 e. The fourth-order valence-corrected chi connectivity index (χ4v) is 3.13. The SMILES string of the molecule is NC(=O)c1csc(CNC2(CO)CCCC2)c1. The summed E-state index contributed by atoms with van der Waals surface area (Å²) >= 11 is 1.53. The Morgan fingerprint density at radius 3 is 2.76 bits per heavy atom. The molecule has 1 fully saturated rings. The van der Waals surface area contributed by atoms with E-state index in [1.54, 1.807) is 5.38 Å². The highest BCUT2D eigenvalue weighted by atomic mass is 32.1. The molecule has 0 aliphatic heterocycles. The molecule has 94 valence electrons. The van der Waals surface area contributed by atoms with Crippen LogP contribution in [0.2, 0.25) is 0 Å². The smallest absolute Gasteiger partial charge is 0.249 e. The molecular weight excluding hydrogens is 236 g/mol. The molecule has 4 nitrogen and oxygen atoms in total. The summed E-state index contributed by atoms with van der Waals surface area (Å²) in [5.74, 6) is -0.384. The Labute approximate surface area is 105 Å². The molecule has 1 aromatic heterocycles. The summed E-state index contributed by atoms with van der Waals surface area (Å²) in [5, 5.41) is 14.7. The lowest BCUT2D eigenvalue weighted by molar-refractivity contribution is 0.100. The summed E-state index contributed by atoms with van der Waals surface area (Å²) < 4.78 is 0. The van der Waals surface area contributed by atoms with Crippen LogP contribution in [-0.2, 0) is 6.54 Å². The molecular formula is C12H18N2O2S. The number of hydrogen-bond acceptors (Lipinski definition) is 4. The van der Waals surface area contributed by atoms with Crippen LogP contribution >= 0.6 is 11.3 Å². The highest BCUT2D eigenvalue weighted by Crippen LogP contribution is 2.29. The van der Waals surface area contributed by atoms with Crippen LogP contribution in [0.3, 0.4) is 0 Å². The number of rotatable bonds is 5. The number of aliphatic hydroxyl groups is 1. The minimum absolute atomic E-state index is 0.114. The van der Waals surface area contributed by atoms with Crippen LogP contribution < -0.4 is 11.1 Å². The van der Waals surface area contributed by atoms with E-state index in [1.807, 2.05) is 6.07 Å².